The summed E-state index contributed by atoms with van der Waals surface area (Å²) in [5.41, 5.74) is -0.434. The predicted octanol–water partition coefficient (Wildman–Crippen LogP) is 6.02. The first-order valence-corrected chi connectivity index (χ1v) is 11.2. The first kappa shape index (κ1) is 22.5. The summed E-state index contributed by atoms with van der Waals surface area (Å²) < 4.78 is 68.2. The molecule has 3 aliphatic rings. The number of hydrogen-bond acceptors (Lipinski definition) is 2. The molecule has 1 aromatic rings. The lowest BCUT2D eigenvalue weighted by Crippen LogP contribution is -2.60. The number of anilines is 1. The van der Waals surface area contributed by atoms with Crippen molar-refractivity contribution in [1.29, 1.82) is 0 Å². The summed E-state index contributed by atoms with van der Waals surface area (Å²) in [5, 5.41) is 2.56. The molecule has 0 bridgehead atoms. The number of carbonyl (C=O) groups excluding carboxylic acids is 1. The minimum Gasteiger partial charge on any atom is -0.326 e. The molecular weight excluding hydrogens is 415 g/mol. The average molecular weight is 444 g/mol. The molecule has 1 spiro atoms. The van der Waals surface area contributed by atoms with E-state index in [0.29, 0.717) is 38.8 Å². The van der Waals surface area contributed by atoms with Gasteiger partial charge in [-0.05, 0) is 62.1 Å². The number of halogens is 5. The van der Waals surface area contributed by atoms with E-state index < -0.39 is 29.6 Å². The van der Waals surface area contributed by atoms with E-state index in [1.54, 1.807) is 0 Å². The summed E-state index contributed by atoms with van der Waals surface area (Å²) in [5.74, 6) is -4.52. The normalized spacial score (nSPS) is 22.8. The van der Waals surface area contributed by atoms with Gasteiger partial charge in [-0.2, -0.15) is 0 Å². The molecule has 1 aliphatic heterocycles. The second-order valence-electron chi connectivity index (χ2n) is 9.73. The summed E-state index contributed by atoms with van der Waals surface area (Å²) in [6.07, 6.45) is 3.01. The van der Waals surface area contributed by atoms with E-state index in [2.05, 4.69) is 5.32 Å². The zero-order valence-corrected chi connectivity index (χ0v) is 17.5. The number of nitrogens with zero attached hydrogens (tertiary/aromatic N) is 1. The molecule has 1 aromatic carbocycles. The number of benzene rings is 1. The Balaban J connectivity index is 1.25. The van der Waals surface area contributed by atoms with Crippen LogP contribution in [0.3, 0.4) is 0 Å². The van der Waals surface area contributed by atoms with Gasteiger partial charge in [-0.15, -0.1) is 0 Å². The third kappa shape index (κ3) is 5.04. The Labute approximate surface area is 179 Å². The smallest absolute Gasteiger partial charge is 0.264 e. The standard InChI is InChI=1S/C23H29F5N2O/c24-18-9-16(20(25)26)10-19(11-18)29-21(31)15-5-7-22(8-6-15)12-30(13-22)14-23(27,28)17-3-1-2-4-17/h9-11,15,17,20H,1-8,12-14H2,(H,29,31). The van der Waals surface area contributed by atoms with Crippen molar-refractivity contribution in [2.24, 2.45) is 17.3 Å². The van der Waals surface area contributed by atoms with E-state index in [0.717, 1.165) is 43.9 Å². The van der Waals surface area contributed by atoms with Crippen LogP contribution >= 0.6 is 0 Å². The van der Waals surface area contributed by atoms with Gasteiger partial charge in [-0.1, -0.05) is 12.8 Å². The Morgan fingerprint density at radius 1 is 1.10 bits per heavy atom. The highest BCUT2D eigenvalue weighted by Crippen LogP contribution is 2.47. The molecule has 8 heteroatoms. The maximum absolute atomic E-state index is 14.5. The molecule has 0 unspecified atom stereocenters. The summed E-state index contributed by atoms with van der Waals surface area (Å²) in [6.45, 7) is 1.12. The monoisotopic (exact) mass is 444 g/mol. The lowest BCUT2D eigenvalue weighted by atomic mass is 9.65. The molecule has 31 heavy (non-hydrogen) atoms. The predicted molar refractivity (Wildman–Crippen MR) is 108 cm³/mol. The molecule has 1 saturated heterocycles. The zero-order chi connectivity index (χ0) is 22.2. The zero-order valence-electron chi connectivity index (χ0n) is 17.5. The number of nitrogens with one attached hydrogen (secondary N) is 1. The molecule has 4 rings (SSSR count). The molecule has 0 aromatic heterocycles. The fraction of sp³-hybridized carbons (Fsp3) is 0.696. The van der Waals surface area contributed by atoms with Crippen LogP contribution in [0.25, 0.3) is 0 Å². The third-order valence-electron chi connectivity index (χ3n) is 7.36. The number of alkyl halides is 4. The molecule has 1 heterocycles. The number of likely N-dealkylation sites (tertiary alicyclic amines) is 1. The first-order chi connectivity index (χ1) is 14.7. The van der Waals surface area contributed by atoms with Gasteiger partial charge in [0.2, 0.25) is 5.91 Å². The van der Waals surface area contributed by atoms with Crippen molar-refractivity contribution in [3.63, 3.8) is 0 Å². The Morgan fingerprint density at radius 2 is 1.74 bits per heavy atom. The van der Waals surface area contributed by atoms with E-state index in [1.165, 1.54) is 0 Å². The Bertz CT molecular complexity index is 793. The molecular formula is C23H29F5N2O. The molecule has 2 aliphatic carbocycles. The number of hydrogen-bond donors (Lipinski definition) is 1. The van der Waals surface area contributed by atoms with Crippen LogP contribution in [-0.2, 0) is 4.79 Å². The van der Waals surface area contributed by atoms with E-state index in [9.17, 15) is 26.7 Å². The largest absolute Gasteiger partial charge is 0.326 e. The molecule has 1 amide bonds. The van der Waals surface area contributed by atoms with Crippen molar-refractivity contribution in [2.45, 2.75) is 63.7 Å². The van der Waals surface area contributed by atoms with Crippen molar-refractivity contribution in [2.75, 3.05) is 25.0 Å². The van der Waals surface area contributed by atoms with Gasteiger partial charge in [-0.3, -0.25) is 9.69 Å². The summed E-state index contributed by atoms with van der Waals surface area (Å²) >= 11 is 0. The Morgan fingerprint density at radius 3 is 2.35 bits per heavy atom. The fourth-order valence-electron chi connectivity index (χ4n) is 5.65. The van der Waals surface area contributed by atoms with Crippen LogP contribution in [-0.4, -0.2) is 36.4 Å². The lowest BCUT2D eigenvalue weighted by Gasteiger charge is -2.54. The van der Waals surface area contributed by atoms with Crippen LogP contribution in [0.4, 0.5) is 27.6 Å². The Kier molecular flexibility index (Phi) is 6.30. The molecule has 3 fully saturated rings. The van der Waals surface area contributed by atoms with Gasteiger partial charge in [-0.25, -0.2) is 22.0 Å². The molecule has 2 saturated carbocycles. The van der Waals surface area contributed by atoms with Crippen LogP contribution in [0.5, 0.6) is 0 Å². The minimum absolute atomic E-state index is 0.00420. The van der Waals surface area contributed by atoms with Crippen LogP contribution < -0.4 is 5.32 Å². The molecule has 3 nitrogen and oxygen atoms in total. The second-order valence-corrected chi connectivity index (χ2v) is 9.73. The van der Waals surface area contributed by atoms with Crippen molar-refractivity contribution in [3.05, 3.63) is 29.6 Å². The SMILES string of the molecule is O=C(Nc1cc(F)cc(C(F)F)c1)C1CCC2(CC1)CN(CC(F)(F)C1CCCC1)C2. The summed E-state index contributed by atoms with van der Waals surface area (Å²) in [4.78, 5) is 14.4. The fourth-order valence-corrected chi connectivity index (χ4v) is 5.65. The van der Waals surface area contributed by atoms with Gasteiger partial charge in [0, 0.05) is 36.2 Å². The van der Waals surface area contributed by atoms with Crippen molar-refractivity contribution in [1.82, 2.24) is 4.90 Å². The summed E-state index contributed by atoms with van der Waals surface area (Å²) in [7, 11) is 0. The first-order valence-electron chi connectivity index (χ1n) is 11.2. The molecule has 172 valence electrons. The molecule has 0 radical (unpaired) electrons. The minimum atomic E-state index is -2.82. The van der Waals surface area contributed by atoms with Gasteiger partial charge in [0.1, 0.15) is 5.82 Å². The highest BCUT2D eigenvalue weighted by atomic mass is 19.3. The number of carbonyl (C=O) groups is 1. The highest BCUT2D eigenvalue weighted by molar-refractivity contribution is 5.92. The van der Waals surface area contributed by atoms with Crippen LogP contribution in [0.1, 0.15) is 63.4 Å². The van der Waals surface area contributed by atoms with Gasteiger partial charge in [0.15, 0.2) is 0 Å². The number of amides is 1. The highest BCUT2D eigenvalue weighted by Gasteiger charge is 2.50. The van der Waals surface area contributed by atoms with Gasteiger partial charge in [0.25, 0.3) is 12.3 Å². The maximum atomic E-state index is 14.5. The third-order valence-corrected chi connectivity index (χ3v) is 7.36. The van der Waals surface area contributed by atoms with Crippen LogP contribution in [0.15, 0.2) is 18.2 Å². The van der Waals surface area contributed by atoms with Gasteiger partial charge in [0.05, 0.1) is 6.54 Å². The Hall–Kier alpha value is -1.70. The molecule has 0 atom stereocenters. The van der Waals surface area contributed by atoms with E-state index in [-0.39, 0.29) is 29.5 Å². The maximum Gasteiger partial charge on any atom is 0.264 e. The van der Waals surface area contributed by atoms with E-state index in [4.69, 9.17) is 0 Å². The van der Waals surface area contributed by atoms with Gasteiger partial charge >= 0.3 is 0 Å². The van der Waals surface area contributed by atoms with Gasteiger partial charge < -0.3 is 5.32 Å². The van der Waals surface area contributed by atoms with E-state index in [1.807, 2.05) is 4.90 Å². The average Bonchev–Trinajstić information content (AvgIpc) is 3.22. The van der Waals surface area contributed by atoms with Crippen LogP contribution in [0, 0.1) is 23.1 Å². The van der Waals surface area contributed by atoms with E-state index >= 15 is 0 Å². The van der Waals surface area contributed by atoms with Crippen molar-refractivity contribution in [3.8, 4) is 0 Å². The number of rotatable bonds is 6. The van der Waals surface area contributed by atoms with Crippen molar-refractivity contribution >= 4 is 11.6 Å². The second kappa shape index (κ2) is 8.68. The lowest BCUT2D eigenvalue weighted by molar-refractivity contribution is -0.133. The summed E-state index contributed by atoms with van der Waals surface area (Å²) in [6, 6.07) is 2.87. The van der Waals surface area contributed by atoms with Crippen molar-refractivity contribution < 1.29 is 26.7 Å². The topological polar surface area (TPSA) is 32.3 Å². The van der Waals surface area contributed by atoms with Crippen LogP contribution in [0.2, 0.25) is 0 Å². The quantitative estimate of drug-likeness (QED) is 0.544. The molecule has 1 N–H and O–H groups in total.